The maximum absolute atomic E-state index is 11.8. The van der Waals surface area contributed by atoms with Crippen molar-refractivity contribution < 1.29 is 9.53 Å². The lowest BCUT2D eigenvalue weighted by Crippen LogP contribution is -2.31. The zero-order valence-electron chi connectivity index (χ0n) is 11.8. The van der Waals surface area contributed by atoms with Gasteiger partial charge in [0.1, 0.15) is 17.9 Å². The number of hydrogen-bond acceptors (Lipinski definition) is 4. The number of ether oxygens (including phenoxy) is 1. The predicted octanol–water partition coefficient (Wildman–Crippen LogP) is 1.68. The number of nitrogens with zero attached hydrogens (tertiary/aromatic N) is 2. The van der Waals surface area contributed by atoms with Crippen LogP contribution in [0, 0.1) is 13.8 Å². The number of benzene rings is 1. The Balaban J connectivity index is 1.86. The number of H-pyrrole nitrogens is 1. The van der Waals surface area contributed by atoms with Crippen LogP contribution in [0.15, 0.2) is 24.5 Å². The summed E-state index contributed by atoms with van der Waals surface area (Å²) in [6.45, 7) is 5.79. The highest BCUT2D eigenvalue weighted by Crippen LogP contribution is 2.16. The molecule has 1 aromatic carbocycles. The van der Waals surface area contributed by atoms with Crippen LogP contribution in [-0.2, 0) is 4.79 Å². The van der Waals surface area contributed by atoms with E-state index in [-0.39, 0.29) is 18.6 Å². The first-order valence-corrected chi connectivity index (χ1v) is 6.40. The number of nitrogens with one attached hydrogen (secondary N) is 2. The zero-order chi connectivity index (χ0) is 14.5. The predicted molar refractivity (Wildman–Crippen MR) is 74.4 cm³/mol. The number of hydrogen-bond donors (Lipinski definition) is 2. The largest absolute Gasteiger partial charge is 0.484 e. The molecule has 6 heteroatoms. The van der Waals surface area contributed by atoms with Crippen molar-refractivity contribution >= 4 is 5.91 Å². The lowest BCUT2D eigenvalue weighted by Gasteiger charge is -2.12. The SMILES string of the molecule is Cc1cc(C)cc(OCC(=O)NC(C)c2ncn[nH]2)c1. The van der Waals surface area contributed by atoms with Gasteiger partial charge in [-0.25, -0.2) is 4.98 Å². The zero-order valence-corrected chi connectivity index (χ0v) is 11.8. The van der Waals surface area contributed by atoms with Gasteiger partial charge in [0.05, 0.1) is 6.04 Å². The van der Waals surface area contributed by atoms with E-state index in [9.17, 15) is 4.79 Å². The maximum Gasteiger partial charge on any atom is 0.258 e. The summed E-state index contributed by atoms with van der Waals surface area (Å²) < 4.78 is 5.49. The van der Waals surface area contributed by atoms with Crippen molar-refractivity contribution in [2.45, 2.75) is 26.8 Å². The van der Waals surface area contributed by atoms with E-state index in [1.54, 1.807) is 0 Å². The Hall–Kier alpha value is -2.37. The Bertz CT molecular complexity index is 561. The molecule has 20 heavy (non-hydrogen) atoms. The van der Waals surface area contributed by atoms with E-state index in [0.717, 1.165) is 11.1 Å². The highest BCUT2D eigenvalue weighted by molar-refractivity contribution is 5.77. The second-order valence-corrected chi connectivity index (χ2v) is 4.77. The van der Waals surface area contributed by atoms with Crippen LogP contribution in [0.5, 0.6) is 5.75 Å². The van der Waals surface area contributed by atoms with Gasteiger partial charge >= 0.3 is 0 Å². The summed E-state index contributed by atoms with van der Waals surface area (Å²) in [5.41, 5.74) is 2.21. The third-order valence-electron chi connectivity index (χ3n) is 2.79. The summed E-state index contributed by atoms with van der Waals surface area (Å²) in [6.07, 6.45) is 1.41. The van der Waals surface area contributed by atoms with Gasteiger partial charge < -0.3 is 10.1 Å². The number of aryl methyl sites for hydroxylation is 2. The third-order valence-corrected chi connectivity index (χ3v) is 2.79. The van der Waals surface area contributed by atoms with Gasteiger partial charge in [-0.3, -0.25) is 9.89 Å². The first kappa shape index (κ1) is 14.0. The highest BCUT2D eigenvalue weighted by Gasteiger charge is 2.12. The van der Waals surface area contributed by atoms with Crippen LogP contribution in [0.2, 0.25) is 0 Å². The Morgan fingerprint density at radius 2 is 2.05 bits per heavy atom. The first-order chi connectivity index (χ1) is 9.54. The molecule has 0 aliphatic carbocycles. The van der Waals surface area contributed by atoms with Crippen LogP contribution in [0.3, 0.4) is 0 Å². The summed E-state index contributed by atoms with van der Waals surface area (Å²) in [6, 6.07) is 5.63. The van der Waals surface area contributed by atoms with Gasteiger partial charge in [0.2, 0.25) is 0 Å². The molecule has 0 fully saturated rings. The van der Waals surface area contributed by atoms with Crippen LogP contribution in [0.25, 0.3) is 0 Å². The molecule has 0 saturated heterocycles. The molecular formula is C14H18N4O2. The number of aromatic nitrogens is 3. The van der Waals surface area contributed by atoms with Crippen LogP contribution >= 0.6 is 0 Å². The van der Waals surface area contributed by atoms with Crippen LogP contribution in [0.4, 0.5) is 0 Å². The fourth-order valence-corrected chi connectivity index (χ4v) is 1.94. The molecule has 2 rings (SSSR count). The molecule has 1 aromatic heterocycles. The van der Waals surface area contributed by atoms with Crippen molar-refractivity contribution in [3.8, 4) is 5.75 Å². The molecular weight excluding hydrogens is 256 g/mol. The highest BCUT2D eigenvalue weighted by atomic mass is 16.5. The number of amides is 1. The fourth-order valence-electron chi connectivity index (χ4n) is 1.94. The van der Waals surface area contributed by atoms with Crippen LogP contribution < -0.4 is 10.1 Å². The van der Waals surface area contributed by atoms with Crippen molar-refractivity contribution in [1.82, 2.24) is 20.5 Å². The Kier molecular flexibility index (Phi) is 4.34. The standard InChI is InChI=1S/C14H18N4O2/c1-9-4-10(2)6-12(5-9)20-7-13(19)17-11(3)14-15-8-16-18-14/h4-6,8,11H,7H2,1-3H3,(H,17,19)(H,15,16,18). The first-order valence-electron chi connectivity index (χ1n) is 6.40. The summed E-state index contributed by atoms with van der Waals surface area (Å²) in [4.78, 5) is 15.8. The minimum absolute atomic E-state index is 0.0264. The average Bonchev–Trinajstić information content (AvgIpc) is 2.89. The molecule has 0 aliphatic rings. The van der Waals surface area contributed by atoms with Gasteiger partial charge in [0, 0.05) is 0 Å². The van der Waals surface area contributed by atoms with E-state index in [0.29, 0.717) is 11.6 Å². The molecule has 0 spiro atoms. The molecule has 2 N–H and O–H groups in total. The van der Waals surface area contributed by atoms with E-state index in [1.807, 2.05) is 32.9 Å². The summed E-state index contributed by atoms with van der Waals surface area (Å²) >= 11 is 0. The normalized spacial score (nSPS) is 11.9. The molecule has 0 radical (unpaired) electrons. The topological polar surface area (TPSA) is 79.9 Å². The van der Waals surface area contributed by atoms with Gasteiger partial charge in [-0.1, -0.05) is 6.07 Å². The van der Waals surface area contributed by atoms with Gasteiger partial charge in [0.25, 0.3) is 5.91 Å². The van der Waals surface area contributed by atoms with E-state index in [2.05, 4.69) is 26.6 Å². The summed E-state index contributed by atoms with van der Waals surface area (Å²) in [5, 5.41) is 9.24. The smallest absolute Gasteiger partial charge is 0.258 e. The van der Waals surface area contributed by atoms with E-state index in [4.69, 9.17) is 4.74 Å². The minimum atomic E-state index is -0.229. The van der Waals surface area contributed by atoms with Gasteiger partial charge in [0.15, 0.2) is 6.61 Å². The number of rotatable bonds is 5. The Labute approximate surface area is 117 Å². The van der Waals surface area contributed by atoms with Crippen molar-refractivity contribution in [3.05, 3.63) is 41.5 Å². The summed E-state index contributed by atoms with van der Waals surface area (Å²) in [5.74, 6) is 1.11. The Morgan fingerprint density at radius 1 is 1.35 bits per heavy atom. The van der Waals surface area contributed by atoms with Gasteiger partial charge in [-0.05, 0) is 44.0 Å². The second-order valence-electron chi connectivity index (χ2n) is 4.77. The van der Waals surface area contributed by atoms with E-state index < -0.39 is 0 Å². The van der Waals surface area contributed by atoms with Gasteiger partial charge in [-0.2, -0.15) is 5.10 Å². The minimum Gasteiger partial charge on any atom is -0.484 e. The molecule has 1 unspecified atom stereocenters. The van der Waals surface area contributed by atoms with Gasteiger partial charge in [-0.15, -0.1) is 0 Å². The van der Waals surface area contributed by atoms with Crippen molar-refractivity contribution in [2.24, 2.45) is 0 Å². The second kappa shape index (κ2) is 6.18. The van der Waals surface area contributed by atoms with Crippen molar-refractivity contribution in [2.75, 3.05) is 6.61 Å². The third kappa shape index (κ3) is 3.81. The quantitative estimate of drug-likeness (QED) is 0.869. The number of aromatic amines is 1. The molecule has 0 bridgehead atoms. The molecule has 1 heterocycles. The molecule has 1 amide bonds. The molecule has 1 atom stereocenters. The lowest BCUT2D eigenvalue weighted by atomic mass is 10.1. The lowest BCUT2D eigenvalue weighted by molar-refractivity contribution is -0.123. The maximum atomic E-state index is 11.8. The number of carbonyl (C=O) groups is 1. The van der Waals surface area contributed by atoms with Crippen molar-refractivity contribution in [1.29, 1.82) is 0 Å². The van der Waals surface area contributed by atoms with Crippen LogP contribution in [0.1, 0.15) is 29.9 Å². The molecule has 0 aliphatic heterocycles. The Morgan fingerprint density at radius 3 is 2.65 bits per heavy atom. The molecule has 0 saturated carbocycles. The monoisotopic (exact) mass is 274 g/mol. The molecule has 2 aromatic rings. The van der Waals surface area contributed by atoms with Crippen LogP contribution in [-0.4, -0.2) is 27.7 Å². The van der Waals surface area contributed by atoms with E-state index >= 15 is 0 Å². The average molecular weight is 274 g/mol. The fraction of sp³-hybridized carbons (Fsp3) is 0.357. The summed E-state index contributed by atoms with van der Waals surface area (Å²) in [7, 11) is 0. The van der Waals surface area contributed by atoms with Crippen molar-refractivity contribution in [3.63, 3.8) is 0 Å². The molecule has 6 nitrogen and oxygen atoms in total. The molecule has 106 valence electrons. The van der Waals surface area contributed by atoms with E-state index in [1.165, 1.54) is 6.33 Å². The number of carbonyl (C=O) groups excluding carboxylic acids is 1.